The summed E-state index contributed by atoms with van der Waals surface area (Å²) in [4.78, 5) is 14.0. The van der Waals surface area contributed by atoms with E-state index >= 15 is 0 Å². The lowest BCUT2D eigenvalue weighted by molar-refractivity contribution is 0.193. The molecule has 1 aromatic carbocycles. The Morgan fingerprint density at radius 3 is 2.79 bits per heavy atom. The average Bonchev–Trinajstić information content (AvgIpc) is 2.94. The van der Waals surface area contributed by atoms with Gasteiger partial charge in [-0.15, -0.1) is 0 Å². The number of benzene rings is 1. The van der Waals surface area contributed by atoms with Gasteiger partial charge in [0.2, 0.25) is 0 Å². The van der Waals surface area contributed by atoms with Crippen LogP contribution >= 0.6 is 0 Å². The molecule has 1 fully saturated rings. The molecule has 1 aliphatic heterocycles. The Bertz CT molecular complexity index is 417. The number of amides is 2. The van der Waals surface area contributed by atoms with Crippen LogP contribution < -0.4 is 10.1 Å². The number of carbonyl (C=O) groups is 1. The number of hydrogen-bond donors (Lipinski definition) is 1. The number of nitrogens with one attached hydrogen (secondary N) is 1. The van der Waals surface area contributed by atoms with Crippen LogP contribution in [0.5, 0.6) is 5.75 Å². The van der Waals surface area contributed by atoms with E-state index in [0.29, 0.717) is 0 Å². The van der Waals surface area contributed by atoms with Gasteiger partial charge in [0.25, 0.3) is 0 Å². The molecule has 4 nitrogen and oxygen atoms in total. The van der Waals surface area contributed by atoms with E-state index < -0.39 is 0 Å². The Balaban J connectivity index is 2.06. The molecule has 1 N–H and O–H groups in total. The number of rotatable bonds is 4. The summed E-state index contributed by atoms with van der Waals surface area (Å²) in [6.07, 6.45) is 3.06. The van der Waals surface area contributed by atoms with Crippen molar-refractivity contribution in [3.8, 4) is 5.75 Å². The molecule has 0 unspecified atom stereocenters. The molecule has 2 rings (SSSR count). The molecular weight excluding hydrogens is 240 g/mol. The first-order valence-corrected chi connectivity index (χ1v) is 6.94. The molecule has 1 atom stereocenters. The summed E-state index contributed by atoms with van der Waals surface area (Å²) in [6.45, 7) is 3.64. The lowest BCUT2D eigenvalue weighted by atomic mass is 10.0. The molecule has 1 heterocycles. The summed E-state index contributed by atoms with van der Waals surface area (Å²) in [6, 6.07) is 8.26. The molecule has 1 aliphatic rings. The maximum Gasteiger partial charge on any atom is 0.317 e. The standard InChI is InChI=1S/C15H22N2O2/c1-3-10-16-15(18)17-11-4-5-14(17)12-6-8-13(19-2)9-7-12/h6-9,14H,3-5,10-11H2,1-2H3,(H,16,18)/t14-/m0/s1. The van der Waals surface area contributed by atoms with E-state index in [2.05, 4.69) is 24.4 Å². The number of hydrogen-bond acceptors (Lipinski definition) is 2. The lowest BCUT2D eigenvalue weighted by Gasteiger charge is -2.25. The van der Waals surface area contributed by atoms with Gasteiger partial charge in [-0.1, -0.05) is 19.1 Å². The van der Waals surface area contributed by atoms with Crippen LogP contribution in [-0.2, 0) is 0 Å². The van der Waals surface area contributed by atoms with Crippen LogP contribution in [0.25, 0.3) is 0 Å². The monoisotopic (exact) mass is 262 g/mol. The molecule has 4 heteroatoms. The van der Waals surface area contributed by atoms with Gasteiger partial charge in [-0.3, -0.25) is 0 Å². The predicted octanol–water partition coefficient (Wildman–Crippen LogP) is 2.95. The van der Waals surface area contributed by atoms with Crippen molar-refractivity contribution in [3.63, 3.8) is 0 Å². The van der Waals surface area contributed by atoms with Gasteiger partial charge >= 0.3 is 6.03 Å². The normalized spacial score (nSPS) is 18.4. The number of urea groups is 1. The summed E-state index contributed by atoms with van der Waals surface area (Å²) in [7, 11) is 1.66. The van der Waals surface area contributed by atoms with E-state index in [1.807, 2.05) is 17.0 Å². The highest BCUT2D eigenvalue weighted by molar-refractivity contribution is 5.75. The van der Waals surface area contributed by atoms with Crippen LogP contribution in [0.1, 0.15) is 37.8 Å². The minimum Gasteiger partial charge on any atom is -0.497 e. The Hall–Kier alpha value is -1.71. The molecule has 104 valence electrons. The zero-order valence-corrected chi connectivity index (χ0v) is 11.7. The highest BCUT2D eigenvalue weighted by Crippen LogP contribution is 2.32. The van der Waals surface area contributed by atoms with Crippen molar-refractivity contribution in [2.75, 3.05) is 20.2 Å². The fourth-order valence-electron chi connectivity index (χ4n) is 2.52. The summed E-state index contributed by atoms with van der Waals surface area (Å²) in [5.41, 5.74) is 1.19. The molecule has 1 saturated heterocycles. The molecule has 1 aromatic rings. The number of ether oxygens (including phenoxy) is 1. The largest absolute Gasteiger partial charge is 0.497 e. The SMILES string of the molecule is CCCNC(=O)N1CCC[C@H]1c1ccc(OC)cc1. The maximum absolute atomic E-state index is 12.1. The first kappa shape index (κ1) is 13.7. The zero-order chi connectivity index (χ0) is 13.7. The van der Waals surface area contributed by atoms with Crippen LogP contribution in [-0.4, -0.2) is 31.1 Å². The second kappa shape index (κ2) is 6.45. The number of nitrogens with zero attached hydrogens (tertiary/aromatic N) is 1. The lowest BCUT2D eigenvalue weighted by Crippen LogP contribution is -2.39. The quantitative estimate of drug-likeness (QED) is 0.906. The first-order chi connectivity index (χ1) is 9.26. The molecule has 0 saturated carbocycles. The predicted molar refractivity (Wildman–Crippen MR) is 75.4 cm³/mol. The fourth-order valence-corrected chi connectivity index (χ4v) is 2.52. The Morgan fingerprint density at radius 1 is 1.42 bits per heavy atom. The topological polar surface area (TPSA) is 41.6 Å². The van der Waals surface area contributed by atoms with Crippen molar-refractivity contribution in [1.29, 1.82) is 0 Å². The Morgan fingerprint density at radius 2 is 2.16 bits per heavy atom. The van der Waals surface area contributed by atoms with Gasteiger partial charge in [0.05, 0.1) is 13.2 Å². The number of methoxy groups -OCH3 is 1. The molecule has 0 aliphatic carbocycles. The van der Waals surface area contributed by atoms with Crippen LogP contribution in [0.4, 0.5) is 4.79 Å². The molecule has 0 aromatic heterocycles. The molecule has 0 bridgehead atoms. The van der Waals surface area contributed by atoms with E-state index in [1.165, 1.54) is 5.56 Å². The fraction of sp³-hybridized carbons (Fsp3) is 0.533. The smallest absolute Gasteiger partial charge is 0.317 e. The third-order valence-corrected chi connectivity index (χ3v) is 3.54. The highest BCUT2D eigenvalue weighted by Gasteiger charge is 2.29. The Labute approximate surface area is 114 Å². The average molecular weight is 262 g/mol. The van der Waals surface area contributed by atoms with Crippen molar-refractivity contribution in [2.45, 2.75) is 32.2 Å². The molecule has 0 radical (unpaired) electrons. The highest BCUT2D eigenvalue weighted by atomic mass is 16.5. The first-order valence-electron chi connectivity index (χ1n) is 6.94. The van der Waals surface area contributed by atoms with Crippen LogP contribution in [0, 0.1) is 0 Å². The van der Waals surface area contributed by atoms with Crippen molar-refractivity contribution in [3.05, 3.63) is 29.8 Å². The van der Waals surface area contributed by atoms with Gasteiger partial charge in [0.1, 0.15) is 5.75 Å². The molecule has 0 spiro atoms. The van der Waals surface area contributed by atoms with Gasteiger partial charge < -0.3 is 15.0 Å². The van der Waals surface area contributed by atoms with Gasteiger partial charge in [0.15, 0.2) is 0 Å². The van der Waals surface area contributed by atoms with E-state index in [1.54, 1.807) is 7.11 Å². The van der Waals surface area contributed by atoms with Crippen molar-refractivity contribution >= 4 is 6.03 Å². The summed E-state index contributed by atoms with van der Waals surface area (Å²) in [5, 5.41) is 2.96. The number of carbonyl (C=O) groups excluding carboxylic acids is 1. The van der Waals surface area contributed by atoms with E-state index in [9.17, 15) is 4.79 Å². The molecular formula is C15H22N2O2. The third kappa shape index (κ3) is 3.19. The van der Waals surface area contributed by atoms with Gasteiger partial charge in [-0.25, -0.2) is 4.79 Å². The second-order valence-electron chi connectivity index (χ2n) is 4.86. The third-order valence-electron chi connectivity index (χ3n) is 3.54. The summed E-state index contributed by atoms with van der Waals surface area (Å²) in [5.74, 6) is 0.851. The van der Waals surface area contributed by atoms with Crippen molar-refractivity contribution < 1.29 is 9.53 Å². The van der Waals surface area contributed by atoms with E-state index in [0.717, 1.165) is 38.1 Å². The molecule has 19 heavy (non-hydrogen) atoms. The van der Waals surface area contributed by atoms with Gasteiger partial charge in [-0.2, -0.15) is 0 Å². The van der Waals surface area contributed by atoms with Gasteiger partial charge in [0, 0.05) is 13.1 Å². The summed E-state index contributed by atoms with van der Waals surface area (Å²) >= 11 is 0. The maximum atomic E-state index is 12.1. The van der Waals surface area contributed by atoms with Crippen molar-refractivity contribution in [2.24, 2.45) is 0 Å². The molecule has 2 amide bonds. The Kier molecular flexibility index (Phi) is 4.66. The van der Waals surface area contributed by atoms with Crippen molar-refractivity contribution in [1.82, 2.24) is 10.2 Å². The van der Waals surface area contributed by atoms with Gasteiger partial charge in [-0.05, 0) is 37.0 Å². The van der Waals surface area contributed by atoms with Crippen LogP contribution in [0.15, 0.2) is 24.3 Å². The van der Waals surface area contributed by atoms with Crippen LogP contribution in [0.3, 0.4) is 0 Å². The second-order valence-corrected chi connectivity index (χ2v) is 4.86. The summed E-state index contributed by atoms with van der Waals surface area (Å²) < 4.78 is 5.17. The zero-order valence-electron chi connectivity index (χ0n) is 11.7. The van der Waals surface area contributed by atoms with E-state index in [4.69, 9.17) is 4.74 Å². The minimum absolute atomic E-state index is 0.0557. The van der Waals surface area contributed by atoms with Crippen LogP contribution in [0.2, 0.25) is 0 Å². The van der Waals surface area contributed by atoms with E-state index in [-0.39, 0.29) is 12.1 Å². The number of likely N-dealkylation sites (tertiary alicyclic amines) is 1. The minimum atomic E-state index is 0.0557.